The maximum Gasteiger partial charge on any atom is 0.315 e. The standard InChI is InChI=1S/C7H12N2O3/c1-12-7(11)2-6(10)9-5-3-8-4-5/h5,8H,2-4H2,1H3,(H,9,10). The van der Waals surface area contributed by atoms with Crippen LogP contribution < -0.4 is 10.6 Å². The second kappa shape index (κ2) is 4.06. The van der Waals surface area contributed by atoms with E-state index in [0.717, 1.165) is 13.1 Å². The van der Waals surface area contributed by atoms with Crippen LogP contribution in [0.3, 0.4) is 0 Å². The third-order valence-electron chi connectivity index (χ3n) is 1.68. The molecule has 0 radical (unpaired) electrons. The molecule has 0 aromatic rings. The van der Waals surface area contributed by atoms with Gasteiger partial charge in [0.2, 0.25) is 5.91 Å². The zero-order valence-electron chi connectivity index (χ0n) is 6.92. The number of carbonyl (C=O) groups is 2. The van der Waals surface area contributed by atoms with Crippen molar-refractivity contribution < 1.29 is 14.3 Å². The van der Waals surface area contributed by atoms with Crippen LogP contribution in [0.25, 0.3) is 0 Å². The van der Waals surface area contributed by atoms with Crippen molar-refractivity contribution in [2.24, 2.45) is 0 Å². The maximum atomic E-state index is 11.0. The van der Waals surface area contributed by atoms with Crippen LogP contribution in [0.5, 0.6) is 0 Å². The zero-order valence-corrected chi connectivity index (χ0v) is 6.92. The van der Waals surface area contributed by atoms with Crippen LogP contribution in [0.4, 0.5) is 0 Å². The minimum atomic E-state index is -0.500. The molecule has 0 aliphatic carbocycles. The van der Waals surface area contributed by atoms with Crippen LogP contribution in [0.2, 0.25) is 0 Å². The molecular formula is C7H12N2O3. The molecule has 1 fully saturated rings. The Morgan fingerprint density at radius 1 is 1.58 bits per heavy atom. The molecule has 1 aliphatic heterocycles. The Bertz CT molecular complexity index is 189. The minimum absolute atomic E-state index is 0.183. The molecule has 0 spiro atoms. The van der Waals surface area contributed by atoms with Crippen molar-refractivity contribution in [3.63, 3.8) is 0 Å². The summed E-state index contributed by atoms with van der Waals surface area (Å²) in [5, 5.41) is 5.68. The Morgan fingerprint density at radius 2 is 2.25 bits per heavy atom. The number of esters is 1. The highest BCUT2D eigenvalue weighted by molar-refractivity contribution is 5.94. The van der Waals surface area contributed by atoms with Gasteiger partial charge in [-0.2, -0.15) is 0 Å². The van der Waals surface area contributed by atoms with Gasteiger partial charge < -0.3 is 15.4 Å². The lowest BCUT2D eigenvalue weighted by Gasteiger charge is -2.27. The largest absolute Gasteiger partial charge is 0.469 e. The predicted octanol–water partition coefficient (Wildman–Crippen LogP) is -1.36. The topological polar surface area (TPSA) is 67.4 Å². The molecule has 5 heteroatoms. The lowest BCUT2D eigenvalue weighted by molar-refractivity contribution is -0.144. The molecule has 1 heterocycles. The quantitative estimate of drug-likeness (QED) is 0.407. The summed E-state index contributed by atoms with van der Waals surface area (Å²) < 4.78 is 4.34. The van der Waals surface area contributed by atoms with Gasteiger partial charge >= 0.3 is 5.97 Å². The number of hydrogen-bond donors (Lipinski definition) is 2. The van der Waals surface area contributed by atoms with Gasteiger partial charge in [0.05, 0.1) is 13.2 Å². The normalized spacial score (nSPS) is 16.4. The van der Waals surface area contributed by atoms with Crippen LogP contribution in [0.1, 0.15) is 6.42 Å². The molecule has 0 saturated carbocycles. The van der Waals surface area contributed by atoms with Crippen molar-refractivity contribution in [1.29, 1.82) is 0 Å². The molecule has 1 saturated heterocycles. The van der Waals surface area contributed by atoms with Gasteiger partial charge in [0.15, 0.2) is 0 Å². The van der Waals surface area contributed by atoms with Crippen LogP contribution in [-0.4, -0.2) is 38.1 Å². The summed E-state index contributed by atoms with van der Waals surface area (Å²) in [6, 6.07) is 0.183. The summed E-state index contributed by atoms with van der Waals surface area (Å²) in [6.07, 6.45) is -0.188. The molecule has 1 aliphatic rings. The fraction of sp³-hybridized carbons (Fsp3) is 0.714. The number of hydrogen-bond acceptors (Lipinski definition) is 4. The summed E-state index contributed by atoms with van der Waals surface area (Å²) in [7, 11) is 1.26. The van der Waals surface area contributed by atoms with Gasteiger partial charge in [0.25, 0.3) is 0 Å². The Kier molecular flexibility index (Phi) is 3.04. The fourth-order valence-electron chi connectivity index (χ4n) is 0.873. The van der Waals surface area contributed by atoms with E-state index in [1.165, 1.54) is 7.11 Å². The summed E-state index contributed by atoms with van der Waals surface area (Å²) in [6.45, 7) is 1.57. The van der Waals surface area contributed by atoms with Crippen molar-refractivity contribution in [1.82, 2.24) is 10.6 Å². The summed E-state index contributed by atoms with van der Waals surface area (Å²) in [5.74, 6) is -0.770. The molecule has 0 unspecified atom stereocenters. The third-order valence-corrected chi connectivity index (χ3v) is 1.68. The van der Waals surface area contributed by atoms with Crippen molar-refractivity contribution in [3.05, 3.63) is 0 Å². The molecule has 0 aromatic heterocycles. The van der Waals surface area contributed by atoms with Gasteiger partial charge in [0, 0.05) is 13.1 Å². The Labute approximate surface area is 70.5 Å². The highest BCUT2D eigenvalue weighted by atomic mass is 16.5. The first kappa shape index (κ1) is 8.99. The Balaban J connectivity index is 2.14. The Hall–Kier alpha value is -1.10. The van der Waals surface area contributed by atoms with Crippen LogP contribution in [0.15, 0.2) is 0 Å². The molecule has 0 atom stereocenters. The molecule has 1 rings (SSSR count). The van der Waals surface area contributed by atoms with Gasteiger partial charge in [-0.05, 0) is 0 Å². The van der Waals surface area contributed by atoms with Crippen LogP contribution >= 0.6 is 0 Å². The third kappa shape index (κ3) is 2.50. The highest BCUT2D eigenvalue weighted by Gasteiger charge is 2.19. The maximum absolute atomic E-state index is 11.0. The van der Waals surface area contributed by atoms with Crippen molar-refractivity contribution in [2.45, 2.75) is 12.5 Å². The van der Waals surface area contributed by atoms with Gasteiger partial charge in [-0.3, -0.25) is 9.59 Å². The first-order valence-electron chi connectivity index (χ1n) is 3.79. The van der Waals surface area contributed by atoms with E-state index in [9.17, 15) is 9.59 Å². The highest BCUT2D eigenvalue weighted by Crippen LogP contribution is 1.92. The lowest BCUT2D eigenvalue weighted by atomic mass is 10.2. The second-order valence-electron chi connectivity index (χ2n) is 2.68. The molecule has 0 bridgehead atoms. The fourth-order valence-corrected chi connectivity index (χ4v) is 0.873. The van der Waals surface area contributed by atoms with Crippen molar-refractivity contribution in [3.8, 4) is 0 Å². The zero-order chi connectivity index (χ0) is 8.97. The van der Waals surface area contributed by atoms with Gasteiger partial charge in [0.1, 0.15) is 6.42 Å². The summed E-state index contributed by atoms with van der Waals surface area (Å²) >= 11 is 0. The number of rotatable bonds is 3. The molecule has 1 amide bonds. The van der Waals surface area contributed by atoms with Crippen molar-refractivity contribution >= 4 is 11.9 Å². The van der Waals surface area contributed by atoms with E-state index in [-0.39, 0.29) is 18.4 Å². The van der Waals surface area contributed by atoms with E-state index in [1.807, 2.05) is 0 Å². The minimum Gasteiger partial charge on any atom is -0.469 e. The summed E-state index contributed by atoms with van der Waals surface area (Å²) in [4.78, 5) is 21.6. The molecular weight excluding hydrogens is 160 g/mol. The molecule has 68 valence electrons. The second-order valence-corrected chi connectivity index (χ2v) is 2.68. The Morgan fingerprint density at radius 3 is 2.67 bits per heavy atom. The molecule has 0 aromatic carbocycles. The van der Waals surface area contributed by atoms with E-state index >= 15 is 0 Å². The molecule has 5 nitrogen and oxygen atoms in total. The first-order valence-corrected chi connectivity index (χ1v) is 3.79. The summed E-state index contributed by atoms with van der Waals surface area (Å²) in [5.41, 5.74) is 0. The van der Waals surface area contributed by atoms with Gasteiger partial charge in [-0.1, -0.05) is 0 Å². The average molecular weight is 172 g/mol. The van der Waals surface area contributed by atoms with Gasteiger partial charge in [-0.15, -0.1) is 0 Å². The van der Waals surface area contributed by atoms with E-state index in [0.29, 0.717) is 0 Å². The van der Waals surface area contributed by atoms with Crippen LogP contribution in [-0.2, 0) is 14.3 Å². The van der Waals surface area contributed by atoms with Gasteiger partial charge in [-0.25, -0.2) is 0 Å². The van der Waals surface area contributed by atoms with Crippen LogP contribution in [0, 0.1) is 0 Å². The monoisotopic (exact) mass is 172 g/mol. The van der Waals surface area contributed by atoms with E-state index < -0.39 is 5.97 Å². The average Bonchev–Trinajstić information content (AvgIpc) is 1.97. The van der Waals surface area contributed by atoms with E-state index in [2.05, 4.69) is 15.4 Å². The van der Waals surface area contributed by atoms with E-state index in [1.54, 1.807) is 0 Å². The number of amides is 1. The SMILES string of the molecule is COC(=O)CC(=O)NC1CNC1. The van der Waals surface area contributed by atoms with Crippen molar-refractivity contribution in [2.75, 3.05) is 20.2 Å². The predicted molar refractivity (Wildman–Crippen MR) is 41.4 cm³/mol. The number of nitrogens with one attached hydrogen (secondary N) is 2. The number of ether oxygens (including phenoxy) is 1. The number of methoxy groups -OCH3 is 1. The molecule has 12 heavy (non-hydrogen) atoms. The smallest absolute Gasteiger partial charge is 0.315 e. The number of carbonyl (C=O) groups excluding carboxylic acids is 2. The molecule has 2 N–H and O–H groups in total. The van der Waals surface area contributed by atoms with E-state index in [4.69, 9.17) is 0 Å². The first-order chi connectivity index (χ1) is 5.72. The lowest BCUT2D eigenvalue weighted by Crippen LogP contribution is -2.57.